The smallest absolute Gasteiger partial charge is 0.143 e. The largest absolute Gasteiger partial charge is 0.495 e. The second-order valence-electron chi connectivity index (χ2n) is 4.37. The van der Waals surface area contributed by atoms with E-state index in [1.54, 1.807) is 7.11 Å². The van der Waals surface area contributed by atoms with Gasteiger partial charge in [0.25, 0.3) is 0 Å². The van der Waals surface area contributed by atoms with Gasteiger partial charge in [-0.25, -0.2) is 0 Å². The summed E-state index contributed by atoms with van der Waals surface area (Å²) in [5, 5.41) is 4.20. The molecule has 0 amide bonds. The minimum Gasteiger partial charge on any atom is -0.495 e. The molecule has 0 heterocycles. The van der Waals surface area contributed by atoms with Crippen LogP contribution in [0.2, 0.25) is 5.02 Å². The van der Waals surface area contributed by atoms with Crippen LogP contribution in [0.1, 0.15) is 32.3 Å². The second-order valence-corrected chi connectivity index (χ2v) is 4.77. The van der Waals surface area contributed by atoms with Crippen LogP contribution >= 0.6 is 11.6 Å². The van der Waals surface area contributed by atoms with Crippen LogP contribution in [-0.2, 0) is 0 Å². The molecule has 0 fully saturated rings. The van der Waals surface area contributed by atoms with Crippen molar-refractivity contribution in [2.24, 2.45) is 5.92 Å². The molecule has 0 aliphatic rings. The van der Waals surface area contributed by atoms with E-state index in [1.165, 1.54) is 12.8 Å². The lowest BCUT2D eigenvalue weighted by atomic mass is 10.0. The van der Waals surface area contributed by atoms with Gasteiger partial charge in [-0.1, -0.05) is 38.3 Å². The fraction of sp³-hybridized carbons (Fsp3) is 0.571. The molecular weight excluding hydrogens is 234 g/mol. The normalized spacial score (nSPS) is 10.7. The zero-order valence-corrected chi connectivity index (χ0v) is 11.9. The Hall–Kier alpha value is -0.890. The summed E-state index contributed by atoms with van der Waals surface area (Å²) in [6, 6.07) is 3.91. The summed E-state index contributed by atoms with van der Waals surface area (Å²) >= 11 is 6.07. The van der Waals surface area contributed by atoms with Crippen molar-refractivity contribution in [1.82, 2.24) is 0 Å². The Labute approximate surface area is 109 Å². The molecule has 0 spiro atoms. The first-order valence-corrected chi connectivity index (χ1v) is 6.58. The van der Waals surface area contributed by atoms with Crippen molar-refractivity contribution in [3.63, 3.8) is 0 Å². The van der Waals surface area contributed by atoms with Crippen molar-refractivity contribution in [3.05, 3.63) is 22.7 Å². The van der Waals surface area contributed by atoms with Crippen molar-refractivity contribution >= 4 is 17.3 Å². The molecule has 0 saturated carbocycles. The minimum atomic E-state index is 0.704. The van der Waals surface area contributed by atoms with E-state index in [-0.39, 0.29) is 0 Å². The first-order chi connectivity index (χ1) is 8.12. The lowest BCUT2D eigenvalue weighted by molar-refractivity contribution is 0.415. The van der Waals surface area contributed by atoms with E-state index in [0.717, 1.165) is 28.6 Å². The molecule has 0 aliphatic heterocycles. The molecule has 3 heteroatoms. The number of methoxy groups -OCH3 is 1. The molecule has 0 saturated heterocycles. The zero-order valence-electron chi connectivity index (χ0n) is 11.1. The van der Waals surface area contributed by atoms with Gasteiger partial charge < -0.3 is 10.1 Å². The molecule has 0 radical (unpaired) electrons. The molecule has 1 rings (SSSR count). The first kappa shape index (κ1) is 14.2. The molecule has 0 aromatic heterocycles. The lowest BCUT2D eigenvalue weighted by Crippen LogP contribution is -2.13. The summed E-state index contributed by atoms with van der Waals surface area (Å²) in [6.07, 6.45) is 2.39. The summed E-state index contributed by atoms with van der Waals surface area (Å²) in [5.41, 5.74) is 2.10. The van der Waals surface area contributed by atoms with Gasteiger partial charge in [0.05, 0.1) is 12.8 Å². The SMILES string of the molecule is CCC(CC)CNc1cc(C)c(Cl)cc1OC. The van der Waals surface area contributed by atoms with E-state index in [2.05, 4.69) is 19.2 Å². The Bertz CT molecular complexity index is 361. The summed E-state index contributed by atoms with van der Waals surface area (Å²) in [7, 11) is 1.67. The summed E-state index contributed by atoms with van der Waals surface area (Å²) < 4.78 is 5.33. The average molecular weight is 256 g/mol. The van der Waals surface area contributed by atoms with Crippen LogP contribution in [0.3, 0.4) is 0 Å². The third-order valence-electron chi connectivity index (χ3n) is 3.22. The number of aryl methyl sites for hydroxylation is 1. The highest BCUT2D eigenvalue weighted by Gasteiger charge is 2.08. The molecule has 0 unspecified atom stereocenters. The maximum Gasteiger partial charge on any atom is 0.143 e. The number of anilines is 1. The lowest BCUT2D eigenvalue weighted by Gasteiger charge is -2.17. The van der Waals surface area contributed by atoms with Gasteiger partial charge in [0, 0.05) is 17.6 Å². The Morgan fingerprint density at radius 2 is 1.94 bits per heavy atom. The van der Waals surface area contributed by atoms with Crippen molar-refractivity contribution in [3.8, 4) is 5.75 Å². The molecular formula is C14H22ClNO. The van der Waals surface area contributed by atoms with Crippen LogP contribution < -0.4 is 10.1 Å². The average Bonchev–Trinajstić information content (AvgIpc) is 2.34. The Balaban J connectivity index is 2.79. The van der Waals surface area contributed by atoms with Gasteiger partial charge >= 0.3 is 0 Å². The predicted octanol–water partition coefficient (Wildman–Crippen LogP) is 4.51. The predicted molar refractivity (Wildman–Crippen MR) is 75.3 cm³/mol. The molecule has 96 valence electrons. The van der Waals surface area contributed by atoms with E-state index in [9.17, 15) is 0 Å². The van der Waals surface area contributed by atoms with Crippen molar-refractivity contribution in [1.29, 1.82) is 0 Å². The molecule has 0 bridgehead atoms. The van der Waals surface area contributed by atoms with Gasteiger partial charge in [-0.3, -0.25) is 0 Å². The van der Waals surface area contributed by atoms with E-state index in [4.69, 9.17) is 16.3 Å². The highest BCUT2D eigenvalue weighted by Crippen LogP contribution is 2.31. The van der Waals surface area contributed by atoms with Crippen molar-refractivity contribution < 1.29 is 4.74 Å². The van der Waals surface area contributed by atoms with Crippen LogP contribution in [0.25, 0.3) is 0 Å². The molecule has 2 nitrogen and oxygen atoms in total. The topological polar surface area (TPSA) is 21.3 Å². The fourth-order valence-electron chi connectivity index (χ4n) is 1.80. The highest BCUT2D eigenvalue weighted by molar-refractivity contribution is 6.31. The summed E-state index contributed by atoms with van der Waals surface area (Å²) in [6.45, 7) is 7.43. The second kappa shape index (κ2) is 6.75. The standard InChI is InChI=1S/C14H22ClNO/c1-5-11(6-2)9-16-13-7-10(3)12(15)8-14(13)17-4/h7-8,11,16H,5-6,9H2,1-4H3. The molecule has 17 heavy (non-hydrogen) atoms. The third kappa shape index (κ3) is 3.81. The molecule has 0 atom stereocenters. The van der Waals surface area contributed by atoms with E-state index in [0.29, 0.717) is 5.92 Å². The van der Waals surface area contributed by atoms with Crippen LogP contribution in [-0.4, -0.2) is 13.7 Å². The Morgan fingerprint density at radius 3 is 2.47 bits per heavy atom. The van der Waals surface area contributed by atoms with Gasteiger partial charge in [0.15, 0.2) is 0 Å². The molecule has 0 aliphatic carbocycles. The Kier molecular flexibility index (Phi) is 5.63. The quantitative estimate of drug-likeness (QED) is 0.808. The number of hydrogen-bond donors (Lipinski definition) is 1. The van der Waals surface area contributed by atoms with Crippen LogP contribution in [0.5, 0.6) is 5.75 Å². The zero-order chi connectivity index (χ0) is 12.8. The van der Waals surface area contributed by atoms with Gasteiger partial charge in [-0.05, 0) is 24.5 Å². The number of ether oxygens (including phenoxy) is 1. The van der Waals surface area contributed by atoms with Crippen LogP contribution in [0.4, 0.5) is 5.69 Å². The van der Waals surface area contributed by atoms with E-state index < -0.39 is 0 Å². The van der Waals surface area contributed by atoms with Crippen molar-refractivity contribution in [2.75, 3.05) is 19.0 Å². The number of nitrogens with one attached hydrogen (secondary N) is 1. The minimum absolute atomic E-state index is 0.704. The molecule has 1 aromatic carbocycles. The summed E-state index contributed by atoms with van der Waals surface area (Å²) in [4.78, 5) is 0. The van der Waals surface area contributed by atoms with Gasteiger partial charge in [0.2, 0.25) is 0 Å². The number of halogens is 1. The summed E-state index contributed by atoms with van der Waals surface area (Å²) in [5.74, 6) is 1.52. The molecule has 1 N–H and O–H groups in total. The molecule has 1 aromatic rings. The number of hydrogen-bond acceptors (Lipinski definition) is 2. The number of rotatable bonds is 6. The monoisotopic (exact) mass is 255 g/mol. The number of benzene rings is 1. The van der Waals surface area contributed by atoms with Crippen LogP contribution in [0, 0.1) is 12.8 Å². The van der Waals surface area contributed by atoms with Crippen molar-refractivity contribution in [2.45, 2.75) is 33.6 Å². The highest BCUT2D eigenvalue weighted by atomic mass is 35.5. The maximum absolute atomic E-state index is 6.07. The van der Waals surface area contributed by atoms with E-state index in [1.807, 2.05) is 19.1 Å². The fourth-order valence-corrected chi connectivity index (χ4v) is 1.96. The maximum atomic E-state index is 6.07. The van der Waals surface area contributed by atoms with Gasteiger partial charge in [-0.2, -0.15) is 0 Å². The van der Waals surface area contributed by atoms with Crippen LogP contribution in [0.15, 0.2) is 12.1 Å². The first-order valence-electron chi connectivity index (χ1n) is 6.20. The van der Waals surface area contributed by atoms with Gasteiger partial charge in [-0.15, -0.1) is 0 Å². The Morgan fingerprint density at radius 1 is 1.29 bits per heavy atom. The third-order valence-corrected chi connectivity index (χ3v) is 3.62. The van der Waals surface area contributed by atoms with Gasteiger partial charge in [0.1, 0.15) is 5.75 Å². The van der Waals surface area contributed by atoms with E-state index >= 15 is 0 Å².